The molecule has 3 saturated carbocycles. The van der Waals surface area contributed by atoms with E-state index in [0.29, 0.717) is 41.8 Å². The maximum absolute atomic E-state index is 12.2. The first-order chi connectivity index (χ1) is 11.5. The van der Waals surface area contributed by atoms with Crippen LogP contribution in [0.15, 0.2) is 11.6 Å². The van der Waals surface area contributed by atoms with Gasteiger partial charge in [-0.3, -0.25) is 9.59 Å². The van der Waals surface area contributed by atoms with E-state index in [-0.39, 0.29) is 16.7 Å². The third-order valence-corrected chi connectivity index (χ3v) is 8.65. The number of carbonyl (C=O) groups is 2. The molecule has 3 heteroatoms. The largest absolute Gasteiger partial charge is 0.377 e. The van der Waals surface area contributed by atoms with Gasteiger partial charge in [-0.2, -0.15) is 0 Å². The molecule has 0 bridgehead atoms. The van der Waals surface area contributed by atoms with Crippen molar-refractivity contribution in [3.63, 3.8) is 0 Å². The fourth-order valence-corrected chi connectivity index (χ4v) is 7.78. The minimum atomic E-state index is 0.134. The minimum absolute atomic E-state index is 0.134. The van der Waals surface area contributed by atoms with Crippen LogP contribution in [-0.4, -0.2) is 24.3 Å². The van der Waals surface area contributed by atoms with Crippen LogP contribution in [0, 0.1) is 34.5 Å². The summed E-state index contributed by atoms with van der Waals surface area (Å²) in [5.74, 6) is 2.88. The molecule has 4 aliphatic carbocycles. The Bertz CT molecular complexity index is 649. The van der Waals surface area contributed by atoms with Gasteiger partial charge in [0.05, 0.1) is 12.7 Å². The monoisotopic (exact) mass is 328 g/mol. The molecule has 6 unspecified atom stereocenters. The topological polar surface area (TPSA) is 43.4 Å². The molecule has 4 fully saturated rings. The molecular formula is C21H28O3. The van der Waals surface area contributed by atoms with Gasteiger partial charge in [0.2, 0.25) is 0 Å². The zero-order valence-electron chi connectivity index (χ0n) is 14.8. The van der Waals surface area contributed by atoms with Crippen molar-refractivity contribution >= 4 is 11.6 Å². The summed E-state index contributed by atoms with van der Waals surface area (Å²) in [4.78, 5) is 24.2. The molecule has 1 heterocycles. The maximum Gasteiger partial charge on any atom is 0.155 e. The molecule has 7 atom stereocenters. The van der Waals surface area contributed by atoms with Gasteiger partial charge in [0.15, 0.2) is 5.78 Å². The molecule has 5 rings (SSSR count). The second-order valence-corrected chi connectivity index (χ2v) is 9.43. The van der Waals surface area contributed by atoms with Crippen molar-refractivity contribution in [2.45, 2.75) is 64.9 Å². The Balaban J connectivity index is 1.56. The fourth-order valence-electron chi connectivity index (χ4n) is 7.78. The summed E-state index contributed by atoms with van der Waals surface area (Å²) < 4.78 is 6.40. The molecule has 24 heavy (non-hydrogen) atoms. The molecule has 130 valence electrons. The highest BCUT2D eigenvalue weighted by molar-refractivity contribution is 5.91. The van der Waals surface area contributed by atoms with Crippen molar-refractivity contribution in [3.05, 3.63) is 11.6 Å². The van der Waals surface area contributed by atoms with E-state index in [1.165, 1.54) is 18.4 Å². The Morgan fingerprint density at radius 2 is 2.08 bits per heavy atom. The standard InChI is InChI=1S/C21H28O3/c1-12(22)16-5-6-17-15-4-3-13-9-14(23)7-8-21(13)11-24-18(19(15)21)10-20(16,17)2/h9,15-19H,3-8,10-11H2,1-2H3/t15?,16?,17?,18?,19?,20-,21?/m1/s1. The molecule has 3 nitrogen and oxygen atoms in total. The first-order valence-electron chi connectivity index (χ1n) is 9.82. The van der Waals surface area contributed by atoms with Gasteiger partial charge in [-0.05, 0) is 74.7 Å². The number of carbonyl (C=O) groups excluding carboxylic acids is 2. The highest BCUT2D eigenvalue weighted by Crippen LogP contribution is 2.69. The molecule has 0 radical (unpaired) electrons. The predicted molar refractivity (Wildman–Crippen MR) is 90.3 cm³/mol. The molecule has 1 spiro atoms. The number of ketones is 2. The van der Waals surface area contributed by atoms with Gasteiger partial charge in [0, 0.05) is 17.8 Å². The number of Topliss-reactive ketones (excluding diaryl/α,β-unsaturated/α-hetero) is 1. The molecule has 5 aliphatic rings. The highest BCUT2D eigenvalue weighted by Gasteiger charge is 2.66. The van der Waals surface area contributed by atoms with E-state index < -0.39 is 0 Å². The Kier molecular flexibility index (Phi) is 3.07. The number of hydrogen-bond acceptors (Lipinski definition) is 3. The van der Waals surface area contributed by atoms with Crippen molar-refractivity contribution < 1.29 is 14.3 Å². The molecule has 0 aromatic carbocycles. The van der Waals surface area contributed by atoms with Crippen LogP contribution in [0.25, 0.3) is 0 Å². The van der Waals surface area contributed by atoms with Crippen LogP contribution in [-0.2, 0) is 14.3 Å². The Morgan fingerprint density at radius 1 is 1.25 bits per heavy atom. The fraction of sp³-hybridized carbons (Fsp3) is 0.810. The summed E-state index contributed by atoms with van der Waals surface area (Å²) in [7, 11) is 0. The van der Waals surface area contributed by atoms with Gasteiger partial charge in [-0.1, -0.05) is 12.5 Å². The van der Waals surface area contributed by atoms with E-state index in [1.807, 2.05) is 6.08 Å². The molecule has 1 saturated heterocycles. The lowest BCUT2D eigenvalue weighted by atomic mass is 9.46. The highest BCUT2D eigenvalue weighted by atomic mass is 16.5. The second-order valence-electron chi connectivity index (χ2n) is 9.43. The van der Waals surface area contributed by atoms with Crippen LogP contribution in [0.1, 0.15) is 58.8 Å². The lowest BCUT2D eigenvalue weighted by Crippen LogP contribution is -2.54. The summed E-state index contributed by atoms with van der Waals surface area (Å²) in [6.07, 6.45) is 9.54. The summed E-state index contributed by atoms with van der Waals surface area (Å²) in [6.45, 7) is 4.97. The van der Waals surface area contributed by atoms with E-state index in [0.717, 1.165) is 32.3 Å². The zero-order valence-corrected chi connectivity index (χ0v) is 14.8. The predicted octanol–water partition coefficient (Wildman–Crippen LogP) is 3.71. The zero-order chi connectivity index (χ0) is 16.7. The Hall–Kier alpha value is -0.960. The van der Waals surface area contributed by atoms with Gasteiger partial charge < -0.3 is 4.74 Å². The van der Waals surface area contributed by atoms with Gasteiger partial charge in [0.1, 0.15) is 5.78 Å². The van der Waals surface area contributed by atoms with Crippen molar-refractivity contribution in [1.29, 1.82) is 0 Å². The molecule has 0 aromatic rings. The molecular weight excluding hydrogens is 300 g/mol. The first-order valence-corrected chi connectivity index (χ1v) is 9.82. The summed E-state index contributed by atoms with van der Waals surface area (Å²) >= 11 is 0. The van der Waals surface area contributed by atoms with E-state index in [2.05, 4.69) is 6.92 Å². The van der Waals surface area contributed by atoms with Crippen molar-refractivity contribution in [3.8, 4) is 0 Å². The number of fused-ring (bicyclic) bond motifs is 2. The van der Waals surface area contributed by atoms with E-state index in [4.69, 9.17) is 4.74 Å². The SMILES string of the molecule is CC(=O)C1CCC2C3CCC4=CC(=O)CCC45COC(C[C@]12C)C35. The Morgan fingerprint density at radius 3 is 2.88 bits per heavy atom. The average Bonchev–Trinajstić information content (AvgIpc) is 3.07. The quantitative estimate of drug-likeness (QED) is 0.737. The van der Waals surface area contributed by atoms with E-state index in [1.54, 1.807) is 6.92 Å². The molecule has 0 aromatic heterocycles. The lowest BCUT2D eigenvalue weighted by molar-refractivity contribution is -0.131. The summed E-state index contributed by atoms with van der Waals surface area (Å²) in [5, 5.41) is 0. The third-order valence-electron chi connectivity index (χ3n) is 8.65. The van der Waals surface area contributed by atoms with Crippen LogP contribution in [0.2, 0.25) is 0 Å². The van der Waals surface area contributed by atoms with Crippen LogP contribution >= 0.6 is 0 Å². The minimum Gasteiger partial charge on any atom is -0.377 e. The van der Waals surface area contributed by atoms with Crippen molar-refractivity contribution in [2.75, 3.05) is 6.61 Å². The van der Waals surface area contributed by atoms with E-state index >= 15 is 0 Å². The van der Waals surface area contributed by atoms with Crippen molar-refractivity contribution in [1.82, 2.24) is 0 Å². The van der Waals surface area contributed by atoms with Crippen LogP contribution in [0.4, 0.5) is 0 Å². The molecule has 0 N–H and O–H groups in total. The van der Waals surface area contributed by atoms with Gasteiger partial charge in [-0.25, -0.2) is 0 Å². The Labute approximate surface area is 144 Å². The van der Waals surface area contributed by atoms with E-state index in [9.17, 15) is 9.59 Å². The molecule has 0 amide bonds. The first kappa shape index (κ1) is 15.3. The smallest absolute Gasteiger partial charge is 0.155 e. The average molecular weight is 328 g/mol. The van der Waals surface area contributed by atoms with Gasteiger partial charge in [-0.15, -0.1) is 0 Å². The summed E-state index contributed by atoms with van der Waals surface area (Å²) in [5.41, 5.74) is 1.68. The maximum atomic E-state index is 12.2. The van der Waals surface area contributed by atoms with Crippen LogP contribution < -0.4 is 0 Å². The number of rotatable bonds is 1. The van der Waals surface area contributed by atoms with Crippen LogP contribution in [0.5, 0.6) is 0 Å². The van der Waals surface area contributed by atoms with Crippen LogP contribution in [0.3, 0.4) is 0 Å². The normalized spacial score (nSPS) is 52.3. The number of ether oxygens (including phenoxy) is 1. The lowest BCUT2D eigenvalue weighted by Gasteiger charge is -2.56. The van der Waals surface area contributed by atoms with Gasteiger partial charge in [0.25, 0.3) is 0 Å². The number of hydrogen-bond donors (Lipinski definition) is 0. The van der Waals surface area contributed by atoms with Gasteiger partial charge >= 0.3 is 0 Å². The third kappa shape index (κ3) is 1.72. The summed E-state index contributed by atoms with van der Waals surface area (Å²) in [6, 6.07) is 0. The molecule has 1 aliphatic heterocycles. The second kappa shape index (κ2) is 4.81. The van der Waals surface area contributed by atoms with Crippen molar-refractivity contribution in [2.24, 2.45) is 34.5 Å².